The predicted octanol–water partition coefficient (Wildman–Crippen LogP) is 1.93. The Morgan fingerprint density at radius 1 is 1.38 bits per heavy atom. The van der Waals surface area contributed by atoms with Crippen molar-refractivity contribution in [3.63, 3.8) is 0 Å². The van der Waals surface area contributed by atoms with Gasteiger partial charge in [-0.3, -0.25) is 0 Å². The molecule has 2 nitrogen and oxygen atoms in total. The first-order chi connectivity index (χ1) is 5.56. The van der Waals surface area contributed by atoms with E-state index < -0.39 is 5.54 Å². The van der Waals surface area contributed by atoms with E-state index in [0.717, 1.165) is 5.56 Å². The molecule has 0 saturated carbocycles. The van der Waals surface area contributed by atoms with Crippen LogP contribution in [0, 0.1) is 0 Å². The Hall–Kier alpha value is -0.280. The van der Waals surface area contributed by atoms with Crippen LogP contribution in [0.1, 0.15) is 12.5 Å². The van der Waals surface area contributed by atoms with Gasteiger partial charge in [0.15, 0.2) is 0 Å². The Balaban J connectivity index is 0.00000144. The average Bonchev–Trinajstić information content (AvgIpc) is 2.05. The Labute approximate surface area is 89.1 Å². The molecule has 0 heterocycles. The molecular formula is C9H13Cl2NO. The van der Waals surface area contributed by atoms with E-state index in [4.69, 9.17) is 22.4 Å². The first-order valence-electron chi connectivity index (χ1n) is 3.72. The van der Waals surface area contributed by atoms with E-state index in [2.05, 4.69) is 0 Å². The zero-order valence-electron chi connectivity index (χ0n) is 7.33. The molecule has 4 heteroatoms. The standard InChI is InChI=1S/C9H12ClNO.ClH/c1-9(11,6-12)7-2-4-8(10)5-3-7;/h2-5,12H,6,11H2,1H3;1H. The van der Waals surface area contributed by atoms with Crippen molar-refractivity contribution in [2.75, 3.05) is 6.61 Å². The molecule has 1 aromatic carbocycles. The number of halogens is 2. The minimum atomic E-state index is -0.676. The quantitative estimate of drug-likeness (QED) is 0.803. The first-order valence-corrected chi connectivity index (χ1v) is 4.10. The summed E-state index contributed by atoms with van der Waals surface area (Å²) in [7, 11) is 0. The largest absolute Gasteiger partial charge is 0.394 e. The minimum Gasteiger partial charge on any atom is -0.394 e. The molecule has 0 saturated heterocycles. The van der Waals surface area contributed by atoms with E-state index in [1.54, 1.807) is 19.1 Å². The summed E-state index contributed by atoms with van der Waals surface area (Å²) in [5.74, 6) is 0. The van der Waals surface area contributed by atoms with Gasteiger partial charge in [-0.2, -0.15) is 0 Å². The topological polar surface area (TPSA) is 46.2 Å². The van der Waals surface area contributed by atoms with Crippen LogP contribution in [0.25, 0.3) is 0 Å². The van der Waals surface area contributed by atoms with E-state index in [1.807, 2.05) is 12.1 Å². The minimum absolute atomic E-state index is 0. The van der Waals surface area contributed by atoms with Crippen molar-refractivity contribution in [3.8, 4) is 0 Å². The molecule has 74 valence electrons. The molecule has 1 rings (SSSR count). The molecule has 1 atom stereocenters. The zero-order chi connectivity index (χ0) is 9.19. The first kappa shape index (κ1) is 12.7. The lowest BCUT2D eigenvalue weighted by Crippen LogP contribution is -2.36. The van der Waals surface area contributed by atoms with Crippen molar-refractivity contribution in [1.29, 1.82) is 0 Å². The van der Waals surface area contributed by atoms with Gasteiger partial charge in [0.05, 0.1) is 12.1 Å². The molecule has 0 aliphatic carbocycles. The third kappa shape index (κ3) is 3.16. The van der Waals surface area contributed by atoms with Gasteiger partial charge >= 0.3 is 0 Å². The molecule has 13 heavy (non-hydrogen) atoms. The summed E-state index contributed by atoms with van der Waals surface area (Å²) in [5, 5.41) is 9.63. The number of aliphatic hydroxyl groups excluding tert-OH is 1. The Morgan fingerprint density at radius 3 is 2.23 bits per heavy atom. The smallest absolute Gasteiger partial charge is 0.0650 e. The Bertz CT molecular complexity index is 259. The van der Waals surface area contributed by atoms with Crippen LogP contribution in [0.15, 0.2) is 24.3 Å². The summed E-state index contributed by atoms with van der Waals surface area (Å²) in [6.07, 6.45) is 0. The average molecular weight is 222 g/mol. The molecule has 0 spiro atoms. The Morgan fingerprint density at radius 2 is 1.85 bits per heavy atom. The molecule has 0 fully saturated rings. The van der Waals surface area contributed by atoms with Crippen molar-refractivity contribution < 1.29 is 5.11 Å². The number of aliphatic hydroxyl groups is 1. The summed E-state index contributed by atoms with van der Waals surface area (Å²) in [4.78, 5) is 0. The van der Waals surface area contributed by atoms with Crippen LogP contribution in [0.4, 0.5) is 0 Å². The SMILES string of the molecule is CC(N)(CO)c1ccc(Cl)cc1.Cl. The van der Waals surface area contributed by atoms with Gasteiger partial charge in [-0.15, -0.1) is 12.4 Å². The van der Waals surface area contributed by atoms with Crippen molar-refractivity contribution in [2.45, 2.75) is 12.5 Å². The van der Waals surface area contributed by atoms with Crippen LogP contribution in [-0.4, -0.2) is 11.7 Å². The van der Waals surface area contributed by atoms with Crippen LogP contribution in [0.2, 0.25) is 5.02 Å². The summed E-state index contributed by atoms with van der Waals surface area (Å²) in [6, 6.07) is 7.16. The normalized spacial score (nSPS) is 14.5. The van der Waals surface area contributed by atoms with Gasteiger partial charge in [0.1, 0.15) is 0 Å². The second kappa shape index (κ2) is 4.82. The van der Waals surface area contributed by atoms with E-state index in [0.29, 0.717) is 5.02 Å². The lowest BCUT2D eigenvalue weighted by molar-refractivity contribution is 0.210. The highest BCUT2D eigenvalue weighted by Crippen LogP contribution is 2.19. The molecule has 0 aliphatic rings. The molecule has 0 radical (unpaired) electrons. The second-order valence-corrected chi connectivity index (χ2v) is 3.52. The molecule has 0 amide bonds. The fourth-order valence-electron chi connectivity index (χ4n) is 0.922. The molecular weight excluding hydrogens is 209 g/mol. The van der Waals surface area contributed by atoms with Crippen LogP contribution < -0.4 is 5.73 Å². The summed E-state index contributed by atoms with van der Waals surface area (Å²) >= 11 is 5.70. The maximum Gasteiger partial charge on any atom is 0.0650 e. The molecule has 1 aromatic rings. The summed E-state index contributed by atoms with van der Waals surface area (Å²) < 4.78 is 0. The van der Waals surface area contributed by atoms with Crippen molar-refractivity contribution in [1.82, 2.24) is 0 Å². The van der Waals surface area contributed by atoms with Crippen LogP contribution in [-0.2, 0) is 5.54 Å². The van der Waals surface area contributed by atoms with Gasteiger partial charge in [-0.1, -0.05) is 23.7 Å². The van der Waals surface area contributed by atoms with Crippen molar-refractivity contribution >= 4 is 24.0 Å². The fraction of sp³-hybridized carbons (Fsp3) is 0.333. The summed E-state index contributed by atoms with van der Waals surface area (Å²) in [6.45, 7) is 1.70. The highest BCUT2D eigenvalue weighted by molar-refractivity contribution is 6.30. The van der Waals surface area contributed by atoms with Crippen molar-refractivity contribution in [2.24, 2.45) is 5.73 Å². The van der Waals surface area contributed by atoms with E-state index in [-0.39, 0.29) is 19.0 Å². The third-order valence-corrected chi connectivity index (χ3v) is 2.08. The second-order valence-electron chi connectivity index (χ2n) is 3.08. The lowest BCUT2D eigenvalue weighted by Gasteiger charge is -2.21. The molecule has 0 aliphatic heterocycles. The molecule has 3 N–H and O–H groups in total. The van der Waals surface area contributed by atoms with Crippen LogP contribution in [0.3, 0.4) is 0 Å². The molecule has 0 aromatic heterocycles. The predicted molar refractivity (Wildman–Crippen MR) is 57.3 cm³/mol. The van der Waals surface area contributed by atoms with E-state index in [1.165, 1.54) is 0 Å². The lowest BCUT2D eigenvalue weighted by atomic mass is 9.94. The van der Waals surface area contributed by atoms with Gasteiger partial charge < -0.3 is 10.8 Å². The number of hydrogen-bond donors (Lipinski definition) is 2. The molecule has 0 bridgehead atoms. The zero-order valence-corrected chi connectivity index (χ0v) is 8.90. The van der Waals surface area contributed by atoms with Gasteiger partial charge in [-0.05, 0) is 24.6 Å². The third-order valence-electron chi connectivity index (χ3n) is 1.83. The van der Waals surface area contributed by atoms with Gasteiger partial charge in [0.25, 0.3) is 0 Å². The summed E-state index contributed by atoms with van der Waals surface area (Å²) in [5.41, 5.74) is 6.00. The van der Waals surface area contributed by atoms with Gasteiger partial charge in [-0.25, -0.2) is 0 Å². The van der Waals surface area contributed by atoms with Gasteiger partial charge in [0, 0.05) is 5.02 Å². The van der Waals surface area contributed by atoms with Crippen LogP contribution in [0.5, 0.6) is 0 Å². The van der Waals surface area contributed by atoms with Gasteiger partial charge in [0.2, 0.25) is 0 Å². The van der Waals surface area contributed by atoms with E-state index in [9.17, 15) is 0 Å². The number of nitrogens with two attached hydrogens (primary N) is 1. The maximum absolute atomic E-state index is 8.96. The van der Waals surface area contributed by atoms with Crippen LogP contribution >= 0.6 is 24.0 Å². The fourth-order valence-corrected chi connectivity index (χ4v) is 1.05. The molecule has 1 unspecified atom stereocenters. The number of hydrogen-bond acceptors (Lipinski definition) is 2. The number of benzene rings is 1. The van der Waals surface area contributed by atoms with Crippen molar-refractivity contribution in [3.05, 3.63) is 34.9 Å². The monoisotopic (exact) mass is 221 g/mol. The maximum atomic E-state index is 8.96. The highest BCUT2D eigenvalue weighted by Gasteiger charge is 2.18. The van der Waals surface area contributed by atoms with E-state index >= 15 is 0 Å². The number of rotatable bonds is 2. The highest BCUT2D eigenvalue weighted by atomic mass is 35.5. The Kier molecular flexibility index (Phi) is 4.71.